The Morgan fingerprint density at radius 1 is 1.26 bits per heavy atom. The van der Waals surface area contributed by atoms with Crippen molar-refractivity contribution in [3.05, 3.63) is 68.7 Å². The van der Waals surface area contributed by atoms with Gasteiger partial charge in [-0.2, -0.15) is 0 Å². The van der Waals surface area contributed by atoms with Crippen LogP contribution in [0.4, 0.5) is 5.69 Å². The highest BCUT2D eigenvalue weighted by Gasteiger charge is 2.13. The smallest absolute Gasteiger partial charge is 0.303 e. The summed E-state index contributed by atoms with van der Waals surface area (Å²) in [7, 11) is 0. The molecule has 7 heteroatoms. The molecule has 0 radical (unpaired) electrons. The Morgan fingerprint density at radius 3 is 2.74 bits per heavy atom. The molecule has 0 unspecified atom stereocenters. The lowest BCUT2D eigenvalue weighted by atomic mass is 10.0. The highest BCUT2D eigenvalue weighted by atomic mass is 32.1. The van der Waals surface area contributed by atoms with E-state index in [1.165, 1.54) is 11.3 Å². The normalized spacial score (nSPS) is 11.7. The summed E-state index contributed by atoms with van der Waals surface area (Å²) in [4.78, 5) is 26.3. The second kappa shape index (κ2) is 8.09. The van der Waals surface area contributed by atoms with Crippen LogP contribution >= 0.6 is 11.3 Å². The number of hydrogen-bond acceptors (Lipinski definition) is 5. The summed E-state index contributed by atoms with van der Waals surface area (Å²) in [6, 6.07) is 12.9. The van der Waals surface area contributed by atoms with E-state index < -0.39 is 10.9 Å². The number of thiazole rings is 1. The topological polar surface area (TPSA) is 93.3 Å². The number of nitro groups is 1. The largest absolute Gasteiger partial charge is 0.481 e. The summed E-state index contributed by atoms with van der Waals surface area (Å²) in [5.41, 5.74) is 3.14. The summed E-state index contributed by atoms with van der Waals surface area (Å²) in [5.74, 6) is -0.843. The molecule has 0 aliphatic heterocycles. The number of aromatic nitrogens is 1. The molecule has 0 saturated carbocycles. The number of carbonyl (C=O) groups is 1. The number of nitrogens with zero attached hydrogens (tertiary/aromatic N) is 2. The Kier molecular flexibility index (Phi) is 5.61. The number of nitro benzene ring substituents is 1. The van der Waals surface area contributed by atoms with E-state index in [2.05, 4.69) is 4.98 Å². The molecule has 0 saturated heterocycles. The molecule has 1 aromatic heterocycles. The quantitative estimate of drug-likeness (QED) is 0.441. The predicted molar refractivity (Wildman–Crippen MR) is 107 cm³/mol. The van der Waals surface area contributed by atoms with Crippen molar-refractivity contribution in [2.45, 2.75) is 26.2 Å². The zero-order valence-electron chi connectivity index (χ0n) is 14.7. The number of aliphatic carboxylic acids is 1. The molecule has 0 aliphatic carbocycles. The molecular formula is C20H18N2O4S. The van der Waals surface area contributed by atoms with Gasteiger partial charge in [-0.15, -0.1) is 11.3 Å². The van der Waals surface area contributed by atoms with Gasteiger partial charge >= 0.3 is 5.97 Å². The lowest BCUT2D eigenvalue weighted by molar-refractivity contribution is -0.385. The zero-order chi connectivity index (χ0) is 19.4. The average molecular weight is 382 g/mol. The summed E-state index contributed by atoms with van der Waals surface area (Å²) in [5, 5.41) is 20.9. The fourth-order valence-electron chi connectivity index (χ4n) is 2.79. The molecule has 3 aromatic rings. The molecule has 0 spiro atoms. The van der Waals surface area contributed by atoms with Crippen LogP contribution in [0.5, 0.6) is 0 Å². The van der Waals surface area contributed by atoms with Gasteiger partial charge in [0.2, 0.25) is 0 Å². The summed E-state index contributed by atoms with van der Waals surface area (Å²) in [6.07, 6.45) is 2.95. The highest BCUT2D eigenvalue weighted by Crippen LogP contribution is 2.32. The summed E-state index contributed by atoms with van der Waals surface area (Å²) >= 11 is 1.54. The number of fused-ring (bicyclic) bond motifs is 1. The van der Waals surface area contributed by atoms with Crippen LogP contribution in [0.25, 0.3) is 21.9 Å². The van der Waals surface area contributed by atoms with E-state index in [0.29, 0.717) is 24.0 Å². The third-order valence-corrected chi connectivity index (χ3v) is 5.29. The fourth-order valence-corrected chi connectivity index (χ4v) is 3.80. The number of hydrogen-bond donors (Lipinski definition) is 1. The van der Waals surface area contributed by atoms with Gasteiger partial charge in [-0.05, 0) is 49.1 Å². The van der Waals surface area contributed by atoms with E-state index in [1.54, 1.807) is 19.1 Å². The van der Waals surface area contributed by atoms with E-state index in [0.717, 1.165) is 20.8 Å². The molecule has 27 heavy (non-hydrogen) atoms. The third kappa shape index (κ3) is 4.57. The van der Waals surface area contributed by atoms with Crippen molar-refractivity contribution >= 4 is 44.9 Å². The first-order valence-electron chi connectivity index (χ1n) is 8.47. The van der Waals surface area contributed by atoms with Crippen molar-refractivity contribution < 1.29 is 14.8 Å². The van der Waals surface area contributed by atoms with E-state index >= 15 is 0 Å². The van der Waals surface area contributed by atoms with Crippen molar-refractivity contribution in [3.63, 3.8) is 0 Å². The second-order valence-electron chi connectivity index (χ2n) is 6.21. The molecule has 1 heterocycles. The Hall–Kier alpha value is -3.06. The maximum atomic E-state index is 11.2. The molecule has 6 nitrogen and oxygen atoms in total. The van der Waals surface area contributed by atoms with Gasteiger partial charge in [0.1, 0.15) is 5.01 Å². The van der Waals surface area contributed by atoms with Crippen molar-refractivity contribution in [1.29, 1.82) is 0 Å². The number of carboxylic acids is 1. The van der Waals surface area contributed by atoms with Gasteiger partial charge in [0, 0.05) is 18.1 Å². The first-order chi connectivity index (χ1) is 12.9. The monoisotopic (exact) mass is 382 g/mol. The van der Waals surface area contributed by atoms with Gasteiger partial charge in [-0.25, -0.2) is 4.98 Å². The van der Waals surface area contributed by atoms with Crippen LogP contribution in [0.2, 0.25) is 0 Å². The Morgan fingerprint density at radius 2 is 2.04 bits per heavy atom. The van der Waals surface area contributed by atoms with Crippen LogP contribution in [0, 0.1) is 17.0 Å². The van der Waals surface area contributed by atoms with Crippen LogP contribution in [-0.4, -0.2) is 21.0 Å². The predicted octanol–water partition coefficient (Wildman–Crippen LogP) is 5.31. The van der Waals surface area contributed by atoms with Gasteiger partial charge in [0.15, 0.2) is 0 Å². The molecule has 138 valence electrons. The van der Waals surface area contributed by atoms with E-state index in [4.69, 9.17) is 5.11 Å². The number of aryl methyl sites for hydroxylation is 1. The Labute approximate surface area is 160 Å². The van der Waals surface area contributed by atoms with Crippen molar-refractivity contribution in [2.75, 3.05) is 0 Å². The molecule has 0 amide bonds. The standard InChI is InChI=1S/C20H18N2O4S/c1-13-9-10-14(12-17(13)22(25)26)11-15(5-4-8-19(23)24)20-21-16-6-2-3-7-18(16)27-20/h2-3,6-7,9-12H,4-5,8H2,1H3,(H,23,24)/b15-11+. The summed E-state index contributed by atoms with van der Waals surface area (Å²) in [6.45, 7) is 1.70. The SMILES string of the molecule is Cc1ccc(/C=C(\CCCC(=O)O)c2nc3ccccc3s2)cc1[N+](=O)[O-]. The molecular weight excluding hydrogens is 364 g/mol. The molecule has 0 fully saturated rings. The Balaban J connectivity index is 2.00. The molecule has 0 bridgehead atoms. The number of rotatable bonds is 7. The molecule has 1 N–H and O–H groups in total. The van der Waals surface area contributed by atoms with E-state index in [-0.39, 0.29) is 12.1 Å². The van der Waals surface area contributed by atoms with Crippen molar-refractivity contribution in [2.24, 2.45) is 0 Å². The first-order valence-corrected chi connectivity index (χ1v) is 9.29. The lowest BCUT2D eigenvalue weighted by Gasteiger charge is -2.05. The molecule has 2 aromatic carbocycles. The maximum absolute atomic E-state index is 11.2. The summed E-state index contributed by atoms with van der Waals surface area (Å²) < 4.78 is 1.05. The van der Waals surface area contributed by atoms with Gasteiger partial charge in [0.25, 0.3) is 5.69 Å². The van der Waals surface area contributed by atoms with Crippen LogP contribution in [0.3, 0.4) is 0 Å². The first kappa shape index (κ1) is 18.7. The molecule has 0 atom stereocenters. The minimum atomic E-state index is -0.843. The third-order valence-electron chi connectivity index (χ3n) is 4.18. The van der Waals surface area contributed by atoms with Crippen LogP contribution in [-0.2, 0) is 4.79 Å². The van der Waals surface area contributed by atoms with E-state index in [9.17, 15) is 14.9 Å². The number of allylic oxidation sites excluding steroid dienone is 1. The number of carboxylic acid groups (broad SMARTS) is 1. The minimum Gasteiger partial charge on any atom is -0.481 e. The zero-order valence-corrected chi connectivity index (χ0v) is 15.5. The maximum Gasteiger partial charge on any atom is 0.303 e. The minimum absolute atomic E-state index is 0.0658. The number of para-hydroxylation sites is 1. The van der Waals surface area contributed by atoms with Crippen molar-refractivity contribution in [3.8, 4) is 0 Å². The van der Waals surface area contributed by atoms with E-state index in [1.807, 2.05) is 36.4 Å². The number of benzene rings is 2. The van der Waals surface area contributed by atoms with Gasteiger partial charge in [0.05, 0.1) is 15.1 Å². The van der Waals surface area contributed by atoms with Crippen LogP contribution in [0.1, 0.15) is 35.4 Å². The van der Waals surface area contributed by atoms with Crippen LogP contribution < -0.4 is 0 Å². The highest BCUT2D eigenvalue weighted by molar-refractivity contribution is 7.19. The van der Waals surface area contributed by atoms with Crippen LogP contribution in [0.15, 0.2) is 42.5 Å². The lowest BCUT2D eigenvalue weighted by Crippen LogP contribution is -1.95. The fraction of sp³-hybridized carbons (Fsp3) is 0.200. The average Bonchev–Trinajstić information content (AvgIpc) is 3.06. The molecule has 0 aliphatic rings. The second-order valence-corrected chi connectivity index (χ2v) is 7.24. The van der Waals surface area contributed by atoms with Gasteiger partial charge in [-0.1, -0.05) is 24.3 Å². The molecule has 3 rings (SSSR count). The van der Waals surface area contributed by atoms with Gasteiger partial charge < -0.3 is 5.11 Å². The Bertz CT molecular complexity index is 1010. The van der Waals surface area contributed by atoms with Gasteiger partial charge in [-0.3, -0.25) is 14.9 Å². The van der Waals surface area contributed by atoms with Crippen molar-refractivity contribution in [1.82, 2.24) is 4.98 Å².